The Kier molecular flexibility index (Phi) is 3.91. The van der Waals surface area contributed by atoms with Crippen molar-refractivity contribution in [3.8, 4) is 5.75 Å². The van der Waals surface area contributed by atoms with Crippen molar-refractivity contribution in [2.24, 2.45) is 0 Å². The third-order valence-corrected chi connectivity index (χ3v) is 5.62. The van der Waals surface area contributed by atoms with Gasteiger partial charge in [-0.25, -0.2) is 0 Å². The zero-order valence-corrected chi connectivity index (χ0v) is 15.2. The van der Waals surface area contributed by atoms with Gasteiger partial charge in [0.25, 0.3) is 0 Å². The van der Waals surface area contributed by atoms with E-state index in [0.717, 1.165) is 24.1 Å². The largest absolute Gasteiger partial charge is 0.471 e. The van der Waals surface area contributed by atoms with Crippen molar-refractivity contribution in [3.05, 3.63) is 57.6 Å². The molecule has 0 N–H and O–H groups in total. The second-order valence-electron chi connectivity index (χ2n) is 6.24. The lowest BCUT2D eigenvalue weighted by Crippen LogP contribution is -2.48. The maximum absolute atomic E-state index is 6.67. The van der Waals surface area contributed by atoms with Gasteiger partial charge in [-0.2, -0.15) is 0 Å². The summed E-state index contributed by atoms with van der Waals surface area (Å²) in [5.74, 6) is 0.669. The Morgan fingerprint density at radius 2 is 1.92 bits per heavy atom. The van der Waals surface area contributed by atoms with Gasteiger partial charge in [-0.05, 0) is 31.0 Å². The Morgan fingerprint density at radius 3 is 2.67 bits per heavy atom. The Labute approximate surface area is 152 Å². The van der Waals surface area contributed by atoms with Crippen molar-refractivity contribution >= 4 is 28.9 Å². The number of anilines is 1. The molecule has 0 aliphatic carbocycles. The maximum atomic E-state index is 6.67. The molecule has 2 aromatic rings. The molecule has 24 heavy (non-hydrogen) atoms. The first-order valence-electron chi connectivity index (χ1n) is 8.25. The molecule has 5 heteroatoms. The van der Waals surface area contributed by atoms with Gasteiger partial charge < -0.3 is 14.4 Å². The van der Waals surface area contributed by atoms with Crippen molar-refractivity contribution in [2.45, 2.75) is 38.5 Å². The third-order valence-electron chi connectivity index (χ3n) is 5.12. The van der Waals surface area contributed by atoms with Crippen LogP contribution in [0.1, 0.15) is 44.0 Å². The summed E-state index contributed by atoms with van der Waals surface area (Å²) in [5.41, 5.74) is 2.94. The highest BCUT2D eigenvalue weighted by molar-refractivity contribution is 6.35. The van der Waals surface area contributed by atoms with E-state index in [1.165, 1.54) is 5.56 Å². The summed E-state index contributed by atoms with van der Waals surface area (Å²) in [4.78, 5) is 2.13. The molecular weight excluding hydrogens is 345 g/mol. The average molecular weight is 364 g/mol. The number of hydrogen-bond acceptors (Lipinski definition) is 3. The van der Waals surface area contributed by atoms with Gasteiger partial charge in [0.1, 0.15) is 5.75 Å². The fraction of sp³-hybridized carbons (Fsp3) is 0.368. The predicted octanol–water partition coefficient (Wildman–Crippen LogP) is 5.89. The van der Waals surface area contributed by atoms with Gasteiger partial charge >= 0.3 is 0 Å². The summed E-state index contributed by atoms with van der Waals surface area (Å²) in [7, 11) is 0. The number of ether oxygens (including phenoxy) is 2. The normalized spacial score (nSPS) is 20.7. The number of rotatable bonds is 2. The summed E-state index contributed by atoms with van der Waals surface area (Å²) in [6.07, 6.45) is 1.55. The molecule has 0 fully saturated rings. The monoisotopic (exact) mass is 363 g/mol. The van der Waals surface area contributed by atoms with E-state index in [0.29, 0.717) is 22.5 Å². The van der Waals surface area contributed by atoms with Crippen LogP contribution in [0.4, 0.5) is 5.69 Å². The first-order valence-corrected chi connectivity index (χ1v) is 9.01. The van der Waals surface area contributed by atoms with E-state index >= 15 is 0 Å². The van der Waals surface area contributed by atoms with Crippen molar-refractivity contribution in [2.75, 3.05) is 11.6 Å². The number of fused-ring (bicyclic) bond motifs is 5. The smallest absolute Gasteiger partial charge is 0.163 e. The van der Waals surface area contributed by atoms with Crippen molar-refractivity contribution in [1.29, 1.82) is 0 Å². The summed E-state index contributed by atoms with van der Waals surface area (Å²) in [5, 5.41) is 1.11. The Bertz CT molecular complexity index is 789. The summed E-state index contributed by atoms with van der Waals surface area (Å²) in [6.45, 7) is 4.74. The standard InChI is InChI=1S/C19H19Cl2NO2/c1-3-19(4-2)14-7-5-6-8-16(14)22-11-23-17-13(18(22)24-19)9-12(20)10-15(17)21/h5-10,18H,3-4,11H2,1-2H3/t18-/m0/s1. The number of nitrogens with zero attached hydrogens (tertiary/aromatic N) is 1. The fourth-order valence-corrected chi connectivity index (χ4v) is 4.36. The lowest BCUT2D eigenvalue weighted by Gasteiger charge is -2.50. The van der Waals surface area contributed by atoms with E-state index < -0.39 is 0 Å². The van der Waals surface area contributed by atoms with Gasteiger partial charge in [0, 0.05) is 21.8 Å². The van der Waals surface area contributed by atoms with Crippen LogP contribution < -0.4 is 9.64 Å². The molecule has 4 rings (SSSR count). The minimum Gasteiger partial charge on any atom is -0.471 e. The van der Waals surface area contributed by atoms with Crippen LogP contribution in [0.3, 0.4) is 0 Å². The molecule has 3 nitrogen and oxygen atoms in total. The molecule has 2 heterocycles. The Hall–Kier alpha value is -1.42. The van der Waals surface area contributed by atoms with Crippen LogP contribution in [0.5, 0.6) is 5.75 Å². The van der Waals surface area contributed by atoms with E-state index in [4.69, 9.17) is 32.7 Å². The zero-order valence-electron chi connectivity index (χ0n) is 13.7. The van der Waals surface area contributed by atoms with Crippen molar-refractivity contribution in [1.82, 2.24) is 0 Å². The van der Waals surface area contributed by atoms with E-state index in [1.807, 2.05) is 6.07 Å². The van der Waals surface area contributed by atoms with Gasteiger partial charge in [0.15, 0.2) is 13.0 Å². The quantitative estimate of drug-likeness (QED) is 0.663. The molecule has 0 radical (unpaired) electrons. The molecule has 0 saturated carbocycles. The molecule has 2 aromatic carbocycles. The zero-order chi connectivity index (χ0) is 16.9. The van der Waals surface area contributed by atoms with Crippen LogP contribution in [-0.4, -0.2) is 6.73 Å². The minimum absolute atomic E-state index is 0.250. The van der Waals surface area contributed by atoms with Crippen LogP contribution in [0, 0.1) is 0 Å². The Morgan fingerprint density at radius 1 is 1.17 bits per heavy atom. The second kappa shape index (κ2) is 5.83. The van der Waals surface area contributed by atoms with E-state index in [1.54, 1.807) is 6.07 Å². The minimum atomic E-state index is -0.318. The summed E-state index contributed by atoms with van der Waals surface area (Å²) in [6, 6.07) is 12.0. The molecule has 0 bridgehead atoms. The summed E-state index contributed by atoms with van der Waals surface area (Å²) < 4.78 is 12.6. The highest BCUT2D eigenvalue weighted by atomic mass is 35.5. The maximum Gasteiger partial charge on any atom is 0.163 e. The number of halogens is 2. The molecule has 126 valence electrons. The van der Waals surface area contributed by atoms with Crippen molar-refractivity contribution < 1.29 is 9.47 Å². The number of hydrogen-bond donors (Lipinski definition) is 0. The lowest BCUT2D eigenvalue weighted by atomic mass is 9.84. The molecule has 1 atom stereocenters. The van der Waals surface area contributed by atoms with Gasteiger partial charge in [0.05, 0.1) is 10.6 Å². The molecule has 2 aliphatic heterocycles. The SMILES string of the molecule is CCC1(CC)O[C@H]2c3cc(Cl)cc(Cl)c3OCN2c2ccccc21. The van der Waals surface area contributed by atoms with Crippen LogP contribution in [0.25, 0.3) is 0 Å². The van der Waals surface area contributed by atoms with E-state index in [2.05, 4.69) is 43.0 Å². The highest BCUT2D eigenvalue weighted by Crippen LogP contribution is 2.53. The first-order chi connectivity index (χ1) is 11.6. The molecule has 0 unspecified atom stereocenters. The predicted molar refractivity (Wildman–Crippen MR) is 97.0 cm³/mol. The van der Waals surface area contributed by atoms with Gasteiger partial charge in [0.2, 0.25) is 0 Å². The van der Waals surface area contributed by atoms with Crippen LogP contribution in [0.2, 0.25) is 10.0 Å². The molecule has 0 amide bonds. The molecule has 0 spiro atoms. The van der Waals surface area contributed by atoms with Crippen LogP contribution in [0.15, 0.2) is 36.4 Å². The second-order valence-corrected chi connectivity index (χ2v) is 7.08. The average Bonchev–Trinajstić information content (AvgIpc) is 2.60. The molecule has 0 saturated heterocycles. The van der Waals surface area contributed by atoms with Gasteiger partial charge in [-0.1, -0.05) is 55.2 Å². The van der Waals surface area contributed by atoms with Crippen LogP contribution >= 0.6 is 23.2 Å². The fourth-order valence-electron chi connectivity index (χ4n) is 3.79. The topological polar surface area (TPSA) is 21.7 Å². The summed E-state index contributed by atoms with van der Waals surface area (Å²) >= 11 is 12.6. The highest BCUT2D eigenvalue weighted by Gasteiger charge is 2.45. The van der Waals surface area contributed by atoms with E-state index in [-0.39, 0.29) is 11.8 Å². The number of para-hydroxylation sites is 1. The number of benzene rings is 2. The Balaban J connectivity index is 1.92. The third kappa shape index (κ3) is 2.22. The van der Waals surface area contributed by atoms with Crippen LogP contribution in [-0.2, 0) is 10.3 Å². The van der Waals surface area contributed by atoms with Crippen molar-refractivity contribution in [3.63, 3.8) is 0 Å². The first kappa shape index (κ1) is 16.1. The van der Waals surface area contributed by atoms with Gasteiger partial charge in [-0.15, -0.1) is 0 Å². The van der Waals surface area contributed by atoms with E-state index in [9.17, 15) is 0 Å². The van der Waals surface area contributed by atoms with Gasteiger partial charge in [-0.3, -0.25) is 0 Å². The lowest BCUT2D eigenvalue weighted by molar-refractivity contribution is -0.126. The molecule has 2 aliphatic rings. The molecular formula is C19H19Cl2NO2. The molecule has 0 aromatic heterocycles.